The molecule has 1 aliphatic rings. The zero-order valence-corrected chi connectivity index (χ0v) is 20.4. The first-order chi connectivity index (χ1) is 14.9. The van der Waals surface area contributed by atoms with Crippen LogP contribution in [-0.4, -0.2) is 34.2 Å². The molecule has 1 aliphatic heterocycles. The number of halogens is 1. The molecule has 2 aromatic rings. The molecule has 0 N–H and O–H groups in total. The van der Waals surface area contributed by atoms with E-state index in [4.69, 9.17) is 21.7 Å². The van der Waals surface area contributed by atoms with Crippen molar-refractivity contribution in [3.63, 3.8) is 0 Å². The molecule has 162 valence electrons. The lowest BCUT2D eigenvalue weighted by atomic mass is 10.1. The molecule has 0 unspecified atom stereocenters. The third kappa shape index (κ3) is 6.41. The highest BCUT2D eigenvalue weighted by Gasteiger charge is 2.32. The number of rotatable bonds is 8. The van der Waals surface area contributed by atoms with Gasteiger partial charge in [-0.25, -0.2) is 0 Å². The number of esters is 1. The van der Waals surface area contributed by atoms with Crippen molar-refractivity contribution < 1.29 is 19.1 Å². The van der Waals surface area contributed by atoms with Crippen molar-refractivity contribution in [2.45, 2.75) is 26.9 Å². The number of carbonyl (C=O) groups excluding carboxylic acids is 2. The van der Waals surface area contributed by atoms with Gasteiger partial charge in [0.15, 0.2) is 0 Å². The van der Waals surface area contributed by atoms with Crippen molar-refractivity contribution in [2.24, 2.45) is 0 Å². The number of hydrogen-bond acceptors (Lipinski definition) is 6. The Labute approximate surface area is 199 Å². The molecule has 1 amide bonds. The van der Waals surface area contributed by atoms with Crippen LogP contribution in [0.3, 0.4) is 0 Å². The molecular formula is C23H22BrNO4S2. The maximum Gasteiger partial charge on any atom is 0.307 e. The Morgan fingerprint density at radius 1 is 1.23 bits per heavy atom. The summed E-state index contributed by atoms with van der Waals surface area (Å²) in [7, 11) is 0. The highest BCUT2D eigenvalue weighted by molar-refractivity contribution is 9.10. The van der Waals surface area contributed by atoms with Crippen LogP contribution in [0.5, 0.6) is 5.75 Å². The summed E-state index contributed by atoms with van der Waals surface area (Å²) in [6.07, 6.45) is 1.88. The van der Waals surface area contributed by atoms with Gasteiger partial charge in [-0.3, -0.25) is 14.5 Å². The van der Waals surface area contributed by atoms with Gasteiger partial charge in [0, 0.05) is 16.6 Å². The van der Waals surface area contributed by atoms with Gasteiger partial charge in [0.1, 0.15) is 16.7 Å². The standard InChI is InChI=1S/C23H22BrNO4S2/c1-3-28-21(26)10-11-25-22(27)20(31-23(25)30)13-17-12-18(24)8-9-19(17)29-14-16-6-4-15(2)5-7-16/h4-9,12-13H,3,10-11,14H2,1-2H3/b20-13+. The maximum absolute atomic E-state index is 12.8. The van der Waals surface area contributed by atoms with Crippen LogP contribution in [0.2, 0.25) is 0 Å². The molecule has 8 heteroatoms. The molecule has 0 spiro atoms. The quantitative estimate of drug-likeness (QED) is 0.261. The lowest BCUT2D eigenvalue weighted by molar-refractivity contribution is -0.143. The SMILES string of the molecule is CCOC(=O)CCN1C(=O)/C(=C\c2cc(Br)ccc2OCc2ccc(C)cc2)SC1=S. The zero-order chi connectivity index (χ0) is 22.4. The molecule has 31 heavy (non-hydrogen) atoms. The fraction of sp³-hybridized carbons (Fsp3) is 0.261. The van der Waals surface area contributed by atoms with Crippen molar-refractivity contribution in [1.82, 2.24) is 4.90 Å². The van der Waals surface area contributed by atoms with E-state index in [-0.39, 0.29) is 24.8 Å². The summed E-state index contributed by atoms with van der Waals surface area (Å²) in [4.78, 5) is 26.4. The Kier molecular flexibility index (Phi) is 8.28. The van der Waals surface area contributed by atoms with E-state index < -0.39 is 0 Å². The molecule has 0 aliphatic carbocycles. The van der Waals surface area contributed by atoms with Gasteiger partial charge < -0.3 is 9.47 Å². The van der Waals surface area contributed by atoms with E-state index in [9.17, 15) is 9.59 Å². The summed E-state index contributed by atoms with van der Waals surface area (Å²) < 4.78 is 12.3. The fourth-order valence-electron chi connectivity index (χ4n) is 2.88. The first-order valence-electron chi connectivity index (χ1n) is 9.76. The third-order valence-electron chi connectivity index (χ3n) is 4.49. The number of nitrogens with zero attached hydrogens (tertiary/aromatic N) is 1. The lowest BCUT2D eigenvalue weighted by Crippen LogP contribution is -2.30. The summed E-state index contributed by atoms with van der Waals surface area (Å²) in [5.41, 5.74) is 3.02. The van der Waals surface area contributed by atoms with Crippen molar-refractivity contribution in [3.05, 3.63) is 68.5 Å². The average Bonchev–Trinajstić information content (AvgIpc) is 3.00. The van der Waals surface area contributed by atoms with E-state index in [0.717, 1.165) is 15.6 Å². The zero-order valence-electron chi connectivity index (χ0n) is 17.2. The topological polar surface area (TPSA) is 55.8 Å². The number of hydrogen-bond donors (Lipinski definition) is 0. The molecule has 0 aromatic heterocycles. The van der Waals surface area contributed by atoms with Crippen LogP contribution >= 0.6 is 39.9 Å². The minimum atomic E-state index is -0.348. The van der Waals surface area contributed by atoms with E-state index in [2.05, 4.69) is 15.9 Å². The molecular weight excluding hydrogens is 498 g/mol. The highest BCUT2D eigenvalue weighted by Crippen LogP contribution is 2.35. The molecule has 5 nitrogen and oxygen atoms in total. The number of amides is 1. The summed E-state index contributed by atoms with van der Waals surface area (Å²) in [6.45, 7) is 4.72. The second kappa shape index (κ2) is 10.9. The highest BCUT2D eigenvalue weighted by atomic mass is 79.9. The number of thiocarbonyl (C=S) groups is 1. The molecule has 0 bridgehead atoms. The van der Waals surface area contributed by atoms with Gasteiger partial charge in [0.25, 0.3) is 5.91 Å². The molecule has 2 aromatic carbocycles. The average molecular weight is 520 g/mol. The van der Waals surface area contributed by atoms with Crippen LogP contribution in [0.4, 0.5) is 0 Å². The van der Waals surface area contributed by atoms with Gasteiger partial charge in [0.2, 0.25) is 0 Å². The van der Waals surface area contributed by atoms with Crippen LogP contribution in [0.1, 0.15) is 30.0 Å². The molecule has 1 fully saturated rings. The van der Waals surface area contributed by atoms with E-state index in [1.54, 1.807) is 13.0 Å². The lowest BCUT2D eigenvalue weighted by Gasteiger charge is -2.13. The van der Waals surface area contributed by atoms with Crippen LogP contribution in [0.25, 0.3) is 6.08 Å². The largest absolute Gasteiger partial charge is 0.488 e. The number of thioether (sulfide) groups is 1. The van der Waals surface area contributed by atoms with E-state index in [1.165, 1.54) is 22.2 Å². The van der Waals surface area contributed by atoms with Crippen molar-refractivity contribution in [3.8, 4) is 5.75 Å². The van der Waals surface area contributed by atoms with Crippen molar-refractivity contribution >= 4 is 62.2 Å². The number of benzene rings is 2. The van der Waals surface area contributed by atoms with Gasteiger partial charge in [-0.1, -0.05) is 69.7 Å². The van der Waals surface area contributed by atoms with Crippen LogP contribution < -0.4 is 4.74 Å². The Morgan fingerprint density at radius 2 is 1.97 bits per heavy atom. The minimum absolute atomic E-state index is 0.107. The molecule has 1 saturated heterocycles. The Morgan fingerprint density at radius 3 is 2.68 bits per heavy atom. The fourth-order valence-corrected chi connectivity index (χ4v) is 4.56. The molecule has 0 radical (unpaired) electrons. The summed E-state index contributed by atoms with van der Waals surface area (Å²) >= 11 is 10.0. The van der Waals surface area contributed by atoms with Gasteiger partial charge in [-0.2, -0.15) is 0 Å². The van der Waals surface area contributed by atoms with Gasteiger partial charge >= 0.3 is 5.97 Å². The first kappa shape index (κ1) is 23.5. The normalized spacial score (nSPS) is 14.9. The molecule has 0 atom stereocenters. The number of ether oxygens (including phenoxy) is 2. The molecule has 0 saturated carbocycles. The predicted octanol–water partition coefficient (Wildman–Crippen LogP) is 5.49. The monoisotopic (exact) mass is 519 g/mol. The number of carbonyl (C=O) groups is 2. The first-order valence-corrected chi connectivity index (χ1v) is 11.8. The second-order valence-electron chi connectivity index (χ2n) is 6.84. The second-order valence-corrected chi connectivity index (χ2v) is 9.44. The predicted molar refractivity (Wildman–Crippen MR) is 131 cm³/mol. The van der Waals surface area contributed by atoms with Gasteiger partial charge in [-0.05, 0) is 43.7 Å². The summed E-state index contributed by atoms with van der Waals surface area (Å²) in [6, 6.07) is 13.8. The maximum atomic E-state index is 12.8. The van der Waals surface area contributed by atoms with E-state index in [0.29, 0.717) is 28.2 Å². The van der Waals surface area contributed by atoms with Crippen molar-refractivity contribution in [1.29, 1.82) is 0 Å². The smallest absolute Gasteiger partial charge is 0.307 e. The van der Waals surface area contributed by atoms with Crippen LogP contribution in [0.15, 0.2) is 51.8 Å². The third-order valence-corrected chi connectivity index (χ3v) is 6.36. The van der Waals surface area contributed by atoms with Gasteiger partial charge in [0.05, 0.1) is 17.9 Å². The van der Waals surface area contributed by atoms with Gasteiger partial charge in [-0.15, -0.1) is 0 Å². The summed E-state index contributed by atoms with van der Waals surface area (Å²) in [5, 5.41) is 0. The molecule has 1 heterocycles. The van der Waals surface area contributed by atoms with Crippen LogP contribution in [-0.2, 0) is 20.9 Å². The molecule has 3 rings (SSSR count). The van der Waals surface area contributed by atoms with Crippen LogP contribution in [0, 0.1) is 6.92 Å². The Bertz CT molecular complexity index is 1020. The minimum Gasteiger partial charge on any atom is -0.488 e. The Balaban J connectivity index is 1.75. The number of aryl methyl sites for hydroxylation is 1. The van der Waals surface area contributed by atoms with Crippen molar-refractivity contribution in [2.75, 3.05) is 13.2 Å². The van der Waals surface area contributed by atoms with E-state index in [1.807, 2.05) is 49.4 Å². The Hall–Kier alpha value is -2.16. The summed E-state index contributed by atoms with van der Waals surface area (Å²) in [5.74, 6) is 0.101. The van der Waals surface area contributed by atoms with E-state index >= 15 is 0 Å².